The van der Waals surface area contributed by atoms with Crippen LogP contribution < -0.4 is 5.73 Å². The van der Waals surface area contributed by atoms with Gasteiger partial charge >= 0.3 is 0 Å². The molecule has 2 N–H and O–H groups in total. The lowest BCUT2D eigenvalue weighted by Crippen LogP contribution is -1.93. The maximum atomic E-state index is 13.4. The van der Waals surface area contributed by atoms with Crippen LogP contribution in [0.2, 0.25) is 0 Å². The number of para-hydroxylation sites is 1. The summed E-state index contributed by atoms with van der Waals surface area (Å²) in [5.41, 5.74) is 8.88. The number of oxazole rings is 1. The van der Waals surface area contributed by atoms with Crippen LogP contribution in [0.25, 0.3) is 22.6 Å². The van der Waals surface area contributed by atoms with Crippen molar-refractivity contribution in [3.8, 4) is 11.5 Å². The second-order valence-electron chi connectivity index (χ2n) is 4.38. The zero-order valence-electron chi connectivity index (χ0n) is 10.5. The Morgan fingerprint density at radius 1 is 1.26 bits per heavy atom. The van der Waals surface area contributed by atoms with E-state index < -0.39 is 5.82 Å². The summed E-state index contributed by atoms with van der Waals surface area (Å²) in [6.45, 7) is 2.08. The third-order valence-electron chi connectivity index (χ3n) is 3.14. The first-order valence-corrected chi connectivity index (χ1v) is 6.13. The molecule has 96 valence electrons. The summed E-state index contributed by atoms with van der Waals surface area (Å²) in [6.07, 6.45) is 0.931. The topological polar surface area (TPSA) is 52.0 Å². The van der Waals surface area contributed by atoms with Crippen molar-refractivity contribution in [3.05, 3.63) is 47.8 Å². The molecule has 4 heteroatoms. The Hall–Kier alpha value is -2.36. The smallest absolute Gasteiger partial charge is 0.229 e. The van der Waals surface area contributed by atoms with E-state index in [1.807, 2.05) is 18.2 Å². The summed E-state index contributed by atoms with van der Waals surface area (Å²) in [6, 6.07) is 10.4. The van der Waals surface area contributed by atoms with Gasteiger partial charge in [0.2, 0.25) is 5.89 Å². The molecule has 0 spiro atoms. The highest BCUT2D eigenvalue weighted by Crippen LogP contribution is 2.30. The van der Waals surface area contributed by atoms with Crippen LogP contribution in [0.15, 0.2) is 40.8 Å². The summed E-state index contributed by atoms with van der Waals surface area (Å²) in [7, 11) is 0. The summed E-state index contributed by atoms with van der Waals surface area (Å²) < 4.78 is 19.1. The van der Waals surface area contributed by atoms with E-state index in [1.165, 1.54) is 11.6 Å². The summed E-state index contributed by atoms with van der Waals surface area (Å²) in [5, 5.41) is 0. The molecule has 0 saturated heterocycles. The van der Waals surface area contributed by atoms with E-state index in [1.54, 1.807) is 12.1 Å². The molecule has 0 aliphatic rings. The molecule has 0 bridgehead atoms. The molecule has 2 aromatic carbocycles. The van der Waals surface area contributed by atoms with Gasteiger partial charge in [-0.25, -0.2) is 9.37 Å². The van der Waals surface area contributed by atoms with E-state index >= 15 is 0 Å². The molecule has 0 aliphatic carbocycles. The fourth-order valence-corrected chi connectivity index (χ4v) is 2.03. The molecule has 0 amide bonds. The number of nitrogens with zero attached hydrogens (tertiary/aromatic N) is 1. The van der Waals surface area contributed by atoms with Gasteiger partial charge < -0.3 is 10.2 Å². The minimum Gasteiger partial charge on any atom is -0.436 e. The van der Waals surface area contributed by atoms with Crippen LogP contribution in [0.3, 0.4) is 0 Å². The van der Waals surface area contributed by atoms with E-state index in [2.05, 4.69) is 11.9 Å². The third kappa shape index (κ3) is 1.95. The maximum absolute atomic E-state index is 13.4. The van der Waals surface area contributed by atoms with Crippen LogP contribution in [0.4, 0.5) is 10.1 Å². The number of nitrogens with two attached hydrogens (primary N) is 1. The standard InChI is InChI=1S/C15H13FN2O/c1-2-9-6-7-13-12(8-9)18-15(19-13)10-4-3-5-11(16)14(10)17/h3-8H,2,17H2,1H3. The molecule has 3 nitrogen and oxygen atoms in total. The molecule has 1 aromatic heterocycles. The molecule has 0 saturated carbocycles. The Morgan fingerprint density at radius 2 is 2.11 bits per heavy atom. The first kappa shape index (κ1) is 11.7. The molecule has 0 fully saturated rings. The van der Waals surface area contributed by atoms with Crippen LogP contribution in [0.5, 0.6) is 0 Å². The zero-order valence-corrected chi connectivity index (χ0v) is 10.5. The van der Waals surface area contributed by atoms with E-state index in [0.717, 1.165) is 11.9 Å². The van der Waals surface area contributed by atoms with Crippen LogP contribution in [0.1, 0.15) is 12.5 Å². The van der Waals surface area contributed by atoms with Crippen LogP contribution in [0, 0.1) is 5.82 Å². The Bertz CT molecular complexity index is 749. The Labute approximate surface area is 109 Å². The minimum atomic E-state index is -0.464. The number of aromatic nitrogens is 1. The second kappa shape index (κ2) is 4.39. The first-order valence-electron chi connectivity index (χ1n) is 6.13. The highest BCUT2D eigenvalue weighted by Gasteiger charge is 2.13. The molecule has 0 radical (unpaired) electrons. The largest absolute Gasteiger partial charge is 0.436 e. The van der Waals surface area contributed by atoms with Crippen molar-refractivity contribution >= 4 is 16.8 Å². The summed E-state index contributed by atoms with van der Waals surface area (Å²) in [5.74, 6) is -0.116. The maximum Gasteiger partial charge on any atom is 0.229 e. The molecule has 1 heterocycles. The number of aryl methyl sites for hydroxylation is 1. The number of hydrogen-bond donors (Lipinski definition) is 1. The Kier molecular flexibility index (Phi) is 2.71. The molecule has 0 atom stereocenters. The Balaban J connectivity index is 2.18. The van der Waals surface area contributed by atoms with Gasteiger partial charge in [0.25, 0.3) is 0 Å². The van der Waals surface area contributed by atoms with Crippen molar-refractivity contribution in [2.24, 2.45) is 0 Å². The van der Waals surface area contributed by atoms with Crippen molar-refractivity contribution in [1.29, 1.82) is 0 Å². The molecule has 19 heavy (non-hydrogen) atoms. The number of halogens is 1. The number of hydrogen-bond acceptors (Lipinski definition) is 3. The number of anilines is 1. The van der Waals surface area contributed by atoms with Crippen LogP contribution in [-0.4, -0.2) is 4.98 Å². The molecule has 3 aromatic rings. The van der Waals surface area contributed by atoms with Gasteiger partial charge in [0.05, 0.1) is 11.3 Å². The highest BCUT2D eigenvalue weighted by molar-refractivity contribution is 5.80. The van der Waals surface area contributed by atoms with Gasteiger partial charge in [0, 0.05) is 0 Å². The van der Waals surface area contributed by atoms with Gasteiger partial charge in [-0.2, -0.15) is 0 Å². The van der Waals surface area contributed by atoms with Crippen molar-refractivity contribution in [1.82, 2.24) is 4.98 Å². The minimum absolute atomic E-state index is 0.0600. The van der Waals surface area contributed by atoms with Gasteiger partial charge in [0.15, 0.2) is 5.58 Å². The average Bonchev–Trinajstić information content (AvgIpc) is 2.84. The highest BCUT2D eigenvalue weighted by atomic mass is 19.1. The van der Waals surface area contributed by atoms with Crippen molar-refractivity contribution in [2.75, 3.05) is 5.73 Å². The van der Waals surface area contributed by atoms with Gasteiger partial charge in [-0.3, -0.25) is 0 Å². The van der Waals surface area contributed by atoms with E-state index in [9.17, 15) is 4.39 Å². The Morgan fingerprint density at radius 3 is 2.89 bits per heavy atom. The zero-order chi connectivity index (χ0) is 13.4. The lowest BCUT2D eigenvalue weighted by molar-refractivity contribution is 0.613. The van der Waals surface area contributed by atoms with Crippen LogP contribution >= 0.6 is 0 Å². The van der Waals surface area contributed by atoms with Crippen LogP contribution in [-0.2, 0) is 6.42 Å². The van der Waals surface area contributed by atoms with E-state index in [0.29, 0.717) is 17.0 Å². The second-order valence-corrected chi connectivity index (χ2v) is 4.38. The fraction of sp³-hybridized carbons (Fsp3) is 0.133. The number of rotatable bonds is 2. The number of nitrogen functional groups attached to an aromatic ring is 1. The molecular weight excluding hydrogens is 243 g/mol. The predicted octanol–water partition coefficient (Wildman–Crippen LogP) is 3.78. The quantitative estimate of drug-likeness (QED) is 0.710. The first-order chi connectivity index (χ1) is 9.19. The van der Waals surface area contributed by atoms with E-state index in [4.69, 9.17) is 10.2 Å². The van der Waals surface area contributed by atoms with Crippen molar-refractivity contribution in [2.45, 2.75) is 13.3 Å². The lowest BCUT2D eigenvalue weighted by atomic mass is 10.1. The predicted molar refractivity (Wildman–Crippen MR) is 73.2 cm³/mol. The van der Waals surface area contributed by atoms with Gasteiger partial charge in [-0.1, -0.05) is 19.1 Å². The summed E-state index contributed by atoms with van der Waals surface area (Å²) in [4.78, 5) is 4.38. The van der Waals surface area contributed by atoms with Crippen molar-refractivity contribution in [3.63, 3.8) is 0 Å². The average molecular weight is 256 g/mol. The van der Waals surface area contributed by atoms with Gasteiger partial charge in [-0.05, 0) is 36.2 Å². The van der Waals surface area contributed by atoms with Crippen molar-refractivity contribution < 1.29 is 8.81 Å². The normalized spacial score (nSPS) is 11.1. The monoisotopic (exact) mass is 256 g/mol. The molecule has 0 unspecified atom stereocenters. The van der Waals surface area contributed by atoms with Gasteiger partial charge in [0.1, 0.15) is 11.3 Å². The number of benzene rings is 2. The lowest BCUT2D eigenvalue weighted by Gasteiger charge is -2.01. The van der Waals surface area contributed by atoms with E-state index in [-0.39, 0.29) is 5.69 Å². The molecular formula is C15H13FN2O. The third-order valence-corrected chi connectivity index (χ3v) is 3.14. The molecule has 0 aliphatic heterocycles. The summed E-state index contributed by atoms with van der Waals surface area (Å²) >= 11 is 0. The molecule has 3 rings (SSSR count). The SMILES string of the molecule is CCc1ccc2oc(-c3cccc(F)c3N)nc2c1. The number of fused-ring (bicyclic) bond motifs is 1. The van der Waals surface area contributed by atoms with Gasteiger partial charge in [-0.15, -0.1) is 0 Å². The fourth-order valence-electron chi connectivity index (χ4n) is 2.03.